The maximum absolute atomic E-state index is 11.3. The van der Waals surface area contributed by atoms with Crippen LogP contribution in [0.25, 0.3) is 0 Å². The van der Waals surface area contributed by atoms with Crippen molar-refractivity contribution in [3.05, 3.63) is 29.8 Å². The zero-order valence-electron chi connectivity index (χ0n) is 9.75. The summed E-state index contributed by atoms with van der Waals surface area (Å²) in [6, 6.07) is 5.77. The first-order chi connectivity index (χ1) is 8.24. The van der Waals surface area contributed by atoms with Crippen molar-refractivity contribution in [1.82, 2.24) is 9.44 Å². The summed E-state index contributed by atoms with van der Waals surface area (Å²) in [7, 11) is -7.34. The molecule has 7 nitrogen and oxygen atoms in total. The predicted molar refractivity (Wildman–Crippen MR) is 67.3 cm³/mol. The third-order valence-electron chi connectivity index (χ3n) is 2.03. The van der Waals surface area contributed by atoms with Crippen molar-refractivity contribution in [3.63, 3.8) is 0 Å². The van der Waals surface area contributed by atoms with Crippen molar-refractivity contribution in [3.8, 4) is 0 Å². The normalized spacial score (nSPS) is 12.6. The molecule has 0 bridgehead atoms. The molecular weight excluding hydrogens is 278 g/mol. The van der Waals surface area contributed by atoms with Gasteiger partial charge in [-0.25, -0.2) is 18.3 Å². The molecule has 102 valence electrons. The molecule has 0 amide bonds. The second-order valence-corrected chi connectivity index (χ2v) is 6.66. The van der Waals surface area contributed by atoms with Crippen LogP contribution in [-0.4, -0.2) is 23.4 Å². The quantitative estimate of drug-likeness (QED) is 0.641. The van der Waals surface area contributed by atoms with Gasteiger partial charge in [0.15, 0.2) is 0 Å². The molecule has 0 saturated carbocycles. The zero-order chi connectivity index (χ0) is 13.8. The van der Waals surface area contributed by atoms with Crippen molar-refractivity contribution in [2.45, 2.75) is 18.4 Å². The summed E-state index contributed by atoms with van der Waals surface area (Å²) >= 11 is 0. The third kappa shape index (κ3) is 4.70. The standard InChI is InChI=1S/C9H15N3O4S2/c1-2-11-18(15,16)12-7-8-4-3-5-9(6-8)17(10,13)14/h3-6,11-12H,2,7H2,1H3,(H2,10,13,14). The highest BCUT2D eigenvalue weighted by atomic mass is 32.2. The van der Waals surface area contributed by atoms with Crippen molar-refractivity contribution in [2.24, 2.45) is 5.14 Å². The van der Waals surface area contributed by atoms with E-state index < -0.39 is 20.2 Å². The fourth-order valence-electron chi connectivity index (χ4n) is 1.25. The van der Waals surface area contributed by atoms with E-state index >= 15 is 0 Å². The number of benzene rings is 1. The molecule has 18 heavy (non-hydrogen) atoms. The minimum absolute atomic E-state index is 0.0152. The molecule has 0 atom stereocenters. The maximum atomic E-state index is 11.3. The lowest BCUT2D eigenvalue weighted by Gasteiger charge is -2.07. The van der Waals surface area contributed by atoms with Crippen LogP contribution in [0.1, 0.15) is 12.5 Å². The molecule has 0 aliphatic heterocycles. The van der Waals surface area contributed by atoms with E-state index in [0.717, 1.165) is 0 Å². The summed E-state index contributed by atoms with van der Waals surface area (Å²) < 4.78 is 49.4. The Balaban J connectivity index is 2.82. The van der Waals surface area contributed by atoms with Crippen molar-refractivity contribution in [1.29, 1.82) is 0 Å². The highest BCUT2D eigenvalue weighted by Gasteiger charge is 2.10. The zero-order valence-corrected chi connectivity index (χ0v) is 11.4. The molecular formula is C9H15N3O4S2. The topological polar surface area (TPSA) is 118 Å². The Morgan fingerprint density at radius 2 is 1.83 bits per heavy atom. The Bertz CT molecular complexity index is 610. The molecule has 0 fully saturated rings. The SMILES string of the molecule is CCNS(=O)(=O)NCc1cccc(S(N)(=O)=O)c1. The van der Waals surface area contributed by atoms with Gasteiger partial charge in [0, 0.05) is 13.1 Å². The van der Waals surface area contributed by atoms with Gasteiger partial charge in [0.2, 0.25) is 10.0 Å². The van der Waals surface area contributed by atoms with Crippen LogP contribution in [0.4, 0.5) is 0 Å². The largest absolute Gasteiger partial charge is 0.277 e. The molecule has 4 N–H and O–H groups in total. The number of sulfonamides is 1. The van der Waals surface area contributed by atoms with Crippen LogP contribution in [0.2, 0.25) is 0 Å². The summed E-state index contributed by atoms with van der Waals surface area (Å²) in [5.74, 6) is 0. The number of nitrogens with two attached hydrogens (primary N) is 1. The van der Waals surface area contributed by atoms with E-state index in [4.69, 9.17) is 5.14 Å². The highest BCUT2D eigenvalue weighted by molar-refractivity contribution is 7.89. The van der Waals surface area contributed by atoms with Crippen molar-refractivity contribution >= 4 is 20.2 Å². The number of rotatable bonds is 6. The summed E-state index contributed by atoms with van der Waals surface area (Å²) in [5, 5.41) is 4.98. The maximum Gasteiger partial charge on any atom is 0.277 e. The minimum Gasteiger partial charge on any atom is -0.225 e. The molecule has 0 aliphatic rings. The Labute approximate surface area is 107 Å². The summed E-state index contributed by atoms with van der Waals surface area (Å²) in [6.45, 7) is 1.91. The van der Waals surface area contributed by atoms with Crippen LogP contribution in [0.3, 0.4) is 0 Å². The molecule has 0 spiro atoms. The molecule has 0 unspecified atom stereocenters. The van der Waals surface area contributed by atoms with Crippen LogP contribution >= 0.6 is 0 Å². The van der Waals surface area contributed by atoms with Crippen LogP contribution in [0.5, 0.6) is 0 Å². The smallest absolute Gasteiger partial charge is 0.225 e. The molecule has 0 saturated heterocycles. The van der Waals surface area contributed by atoms with Gasteiger partial charge in [-0.15, -0.1) is 0 Å². The minimum atomic E-state index is -3.78. The molecule has 0 aromatic heterocycles. The molecule has 9 heteroatoms. The first-order valence-corrected chi connectivity index (χ1v) is 8.13. The van der Waals surface area contributed by atoms with E-state index in [1.807, 2.05) is 0 Å². The van der Waals surface area contributed by atoms with E-state index in [1.165, 1.54) is 18.2 Å². The van der Waals surface area contributed by atoms with Gasteiger partial charge in [-0.3, -0.25) is 0 Å². The molecule has 1 aromatic rings. The Morgan fingerprint density at radius 1 is 1.17 bits per heavy atom. The fraction of sp³-hybridized carbons (Fsp3) is 0.333. The number of hydrogen-bond donors (Lipinski definition) is 3. The number of hydrogen-bond acceptors (Lipinski definition) is 4. The van der Waals surface area contributed by atoms with Crippen LogP contribution in [0.15, 0.2) is 29.2 Å². The average Bonchev–Trinajstić information content (AvgIpc) is 2.26. The number of nitrogens with one attached hydrogen (secondary N) is 2. The Hall–Kier alpha value is -1.00. The van der Waals surface area contributed by atoms with E-state index in [9.17, 15) is 16.8 Å². The summed E-state index contributed by atoms with van der Waals surface area (Å²) in [4.78, 5) is -0.0531. The van der Waals surface area contributed by atoms with Gasteiger partial charge in [-0.2, -0.15) is 13.1 Å². The van der Waals surface area contributed by atoms with Crippen LogP contribution in [0, 0.1) is 0 Å². The second-order valence-electron chi connectivity index (χ2n) is 3.51. The predicted octanol–water partition coefficient (Wildman–Crippen LogP) is -0.722. The van der Waals surface area contributed by atoms with Gasteiger partial charge in [0.25, 0.3) is 10.2 Å². The van der Waals surface area contributed by atoms with Crippen molar-refractivity contribution in [2.75, 3.05) is 6.54 Å². The molecule has 1 aromatic carbocycles. The lowest BCUT2D eigenvalue weighted by molar-refractivity contribution is 0.568. The van der Waals surface area contributed by atoms with Gasteiger partial charge in [0.1, 0.15) is 0 Å². The second kappa shape index (κ2) is 5.76. The van der Waals surface area contributed by atoms with Crippen LogP contribution < -0.4 is 14.6 Å². The average molecular weight is 293 g/mol. The molecule has 1 rings (SSSR count). The highest BCUT2D eigenvalue weighted by Crippen LogP contribution is 2.09. The summed E-state index contributed by atoms with van der Waals surface area (Å²) in [5.41, 5.74) is 0.503. The lowest BCUT2D eigenvalue weighted by atomic mass is 10.2. The monoisotopic (exact) mass is 293 g/mol. The number of primary sulfonamides is 1. The van der Waals surface area contributed by atoms with E-state index in [2.05, 4.69) is 9.44 Å². The fourth-order valence-corrected chi connectivity index (χ4v) is 2.67. The van der Waals surface area contributed by atoms with E-state index in [0.29, 0.717) is 5.56 Å². The molecule has 0 heterocycles. The Kier molecular flexibility index (Phi) is 4.82. The van der Waals surface area contributed by atoms with Gasteiger partial charge >= 0.3 is 0 Å². The van der Waals surface area contributed by atoms with Crippen LogP contribution in [-0.2, 0) is 26.8 Å². The van der Waals surface area contributed by atoms with Crippen molar-refractivity contribution < 1.29 is 16.8 Å². The van der Waals surface area contributed by atoms with Gasteiger partial charge < -0.3 is 0 Å². The molecule has 0 aliphatic carbocycles. The Morgan fingerprint density at radius 3 is 2.39 bits per heavy atom. The van der Waals surface area contributed by atoms with E-state index in [1.54, 1.807) is 13.0 Å². The first-order valence-electron chi connectivity index (χ1n) is 5.10. The lowest BCUT2D eigenvalue weighted by Crippen LogP contribution is -2.35. The van der Waals surface area contributed by atoms with Gasteiger partial charge in [-0.1, -0.05) is 19.1 Å². The summed E-state index contributed by atoms with van der Waals surface area (Å²) in [6.07, 6.45) is 0. The van der Waals surface area contributed by atoms with E-state index in [-0.39, 0.29) is 18.0 Å². The molecule has 0 radical (unpaired) electrons. The third-order valence-corrected chi connectivity index (χ3v) is 4.13. The van der Waals surface area contributed by atoms with Gasteiger partial charge in [0.05, 0.1) is 4.90 Å². The van der Waals surface area contributed by atoms with Gasteiger partial charge in [-0.05, 0) is 17.7 Å². The first kappa shape index (κ1) is 15.1.